The first-order valence-electron chi connectivity index (χ1n) is 6.02. The maximum atomic E-state index is 12.9. The molecule has 0 bridgehead atoms. The van der Waals surface area contributed by atoms with Crippen LogP contribution in [0.15, 0.2) is 24.3 Å². The highest BCUT2D eigenvalue weighted by Crippen LogP contribution is 2.32. The Hall–Kier alpha value is -1.58. The summed E-state index contributed by atoms with van der Waals surface area (Å²) in [5.74, 6) is 0. The molecule has 102 valence electrons. The number of nitrogens with zero attached hydrogens (tertiary/aromatic N) is 2. The normalized spacial score (nSPS) is 21.1. The standard InChI is InChI=1S/C13H14F3N3/c14-13(15,16)12-4-2-1-3-10(12)9-19-6-5-18-8-11(19)7-17/h1-4,11,18H,5-6,8-9H2. The van der Waals surface area contributed by atoms with E-state index in [-0.39, 0.29) is 18.2 Å². The molecule has 0 aliphatic carbocycles. The molecule has 1 atom stereocenters. The number of piperazine rings is 1. The number of nitriles is 1. The van der Waals surface area contributed by atoms with Crippen molar-refractivity contribution in [3.05, 3.63) is 35.4 Å². The zero-order chi connectivity index (χ0) is 13.9. The van der Waals surface area contributed by atoms with Crippen LogP contribution in [0.4, 0.5) is 13.2 Å². The summed E-state index contributed by atoms with van der Waals surface area (Å²) in [4.78, 5) is 1.78. The smallest absolute Gasteiger partial charge is 0.313 e. The van der Waals surface area contributed by atoms with Crippen molar-refractivity contribution in [2.45, 2.75) is 18.8 Å². The van der Waals surface area contributed by atoms with E-state index in [4.69, 9.17) is 5.26 Å². The second-order valence-corrected chi connectivity index (χ2v) is 4.47. The van der Waals surface area contributed by atoms with Crippen molar-refractivity contribution in [2.75, 3.05) is 19.6 Å². The zero-order valence-electron chi connectivity index (χ0n) is 10.2. The lowest BCUT2D eigenvalue weighted by Gasteiger charge is -2.32. The monoisotopic (exact) mass is 269 g/mol. The number of benzene rings is 1. The van der Waals surface area contributed by atoms with E-state index in [1.54, 1.807) is 11.0 Å². The molecule has 1 fully saturated rings. The summed E-state index contributed by atoms with van der Waals surface area (Å²) in [7, 11) is 0. The number of nitrogens with one attached hydrogen (secondary N) is 1. The maximum absolute atomic E-state index is 12.9. The van der Waals surface area contributed by atoms with E-state index in [1.165, 1.54) is 12.1 Å². The molecule has 1 aromatic rings. The third-order valence-electron chi connectivity index (χ3n) is 3.20. The van der Waals surface area contributed by atoms with E-state index in [9.17, 15) is 13.2 Å². The Balaban J connectivity index is 2.21. The van der Waals surface area contributed by atoms with Gasteiger partial charge in [0.1, 0.15) is 6.04 Å². The molecule has 0 amide bonds. The van der Waals surface area contributed by atoms with Crippen molar-refractivity contribution in [2.24, 2.45) is 0 Å². The first-order chi connectivity index (χ1) is 9.02. The van der Waals surface area contributed by atoms with Gasteiger partial charge >= 0.3 is 6.18 Å². The number of hydrogen-bond acceptors (Lipinski definition) is 3. The average Bonchev–Trinajstić information content (AvgIpc) is 2.39. The van der Waals surface area contributed by atoms with Gasteiger partial charge in [0.2, 0.25) is 0 Å². The van der Waals surface area contributed by atoms with Crippen LogP contribution in [-0.2, 0) is 12.7 Å². The molecule has 2 rings (SSSR count). The minimum atomic E-state index is -4.35. The van der Waals surface area contributed by atoms with Gasteiger partial charge in [-0.1, -0.05) is 18.2 Å². The molecule has 0 radical (unpaired) electrons. The van der Waals surface area contributed by atoms with Crippen molar-refractivity contribution in [1.29, 1.82) is 5.26 Å². The van der Waals surface area contributed by atoms with Gasteiger partial charge in [-0.3, -0.25) is 4.90 Å². The van der Waals surface area contributed by atoms with Gasteiger partial charge in [-0.25, -0.2) is 0 Å². The van der Waals surface area contributed by atoms with Crippen LogP contribution in [0.25, 0.3) is 0 Å². The Labute approximate surface area is 109 Å². The maximum Gasteiger partial charge on any atom is 0.416 e. The van der Waals surface area contributed by atoms with E-state index in [0.717, 1.165) is 6.07 Å². The summed E-state index contributed by atoms with van der Waals surface area (Å²) in [5.41, 5.74) is -0.401. The Kier molecular flexibility index (Phi) is 4.08. The van der Waals surface area contributed by atoms with Crippen LogP contribution in [0, 0.1) is 11.3 Å². The minimum absolute atomic E-state index is 0.148. The van der Waals surface area contributed by atoms with Gasteiger partial charge < -0.3 is 5.32 Å². The highest BCUT2D eigenvalue weighted by atomic mass is 19.4. The summed E-state index contributed by atoms with van der Waals surface area (Å²) in [6, 6.07) is 7.26. The topological polar surface area (TPSA) is 39.1 Å². The lowest BCUT2D eigenvalue weighted by atomic mass is 10.1. The fourth-order valence-corrected chi connectivity index (χ4v) is 2.22. The van der Waals surface area contributed by atoms with Crippen molar-refractivity contribution in [3.63, 3.8) is 0 Å². The van der Waals surface area contributed by atoms with Crippen LogP contribution >= 0.6 is 0 Å². The third-order valence-corrected chi connectivity index (χ3v) is 3.20. The van der Waals surface area contributed by atoms with E-state index in [0.29, 0.717) is 19.6 Å². The van der Waals surface area contributed by atoms with Crippen LogP contribution in [0.2, 0.25) is 0 Å². The van der Waals surface area contributed by atoms with Gasteiger partial charge in [-0.15, -0.1) is 0 Å². The molecule has 0 spiro atoms. The van der Waals surface area contributed by atoms with Crippen molar-refractivity contribution in [1.82, 2.24) is 10.2 Å². The molecule has 1 N–H and O–H groups in total. The number of halogens is 3. The lowest BCUT2D eigenvalue weighted by molar-refractivity contribution is -0.138. The predicted octanol–water partition coefficient (Wildman–Crippen LogP) is 2.00. The summed E-state index contributed by atoms with van der Waals surface area (Å²) in [5, 5.41) is 12.1. The van der Waals surface area contributed by atoms with Gasteiger partial charge in [0.15, 0.2) is 0 Å². The highest BCUT2D eigenvalue weighted by Gasteiger charge is 2.34. The Morgan fingerprint density at radius 2 is 2.11 bits per heavy atom. The van der Waals surface area contributed by atoms with E-state index in [2.05, 4.69) is 11.4 Å². The average molecular weight is 269 g/mol. The van der Waals surface area contributed by atoms with Gasteiger partial charge in [0.05, 0.1) is 11.6 Å². The van der Waals surface area contributed by atoms with Crippen LogP contribution < -0.4 is 5.32 Å². The molecule has 1 heterocycles. The quantitative estimate of drug-likeness (QED) is 0.892. The van der Waals surface area contributed by atoms with E-state index in [1.807, 2.05) is 0 Å². The van der Waals surface area contributed by atoms with Crippen molar-refractivity contribution >= 4 is 0 Å². The molecule has 1 saturated heterocycles. The van der Waals surface area contributed by atoms with Crippen LogP contribution in [0.5, 0.6) is 0 Å². The number of alkyl halides is 3. The van der Waals surface area contributed by atoms with Gasteiger partial charge in [0.25, 0.3) is 0 Å². The highest BCUT2D eigenvalue weighted by molar-refractivity contribution is 5.29. The molecule has 1 aliphatic heterocycles. The second kappa shape index (κ2) is 5.59. The van der Waals surface area contributed by atoms with E-state index >= 15 is 0 Å². The Morgan fingerprint density at radius 3 is 2.79 bits per heavy atom. The summed E-state index contributed by atoms with van der Waals surface area (Å²) in [6.07, 6.45) is -4.35. The van der Waals surface area contributed by atoms with Crippen molar-refractivity contribution < 1.29 is 13.2 Å². The summed E-state index contributed by atoms with van der Waals surface area (Å²) in [6.45, 7) is 1.90. The minimum Gasteiger partial charge on any atom is -0.313 e. The third kappa shape index (κ3) is 3.25. The fraction of sp³-hybridized carbons (Fsp3) is 0.462. The summed E-state index contributed by atoms with van der Waals surface area (Å²) >= 11 is 0. The molecule has 1 aromatic carbocycles. The molecular weight excluding hydrogens is 255 g/mol. The number of hydrogen-bond donors (Lipinski definition) is 1. The molecule has 0 saturated carbocycles. The van der Waals surface area contributed by atoms with Gasteiger partial charge in [-0.05, 0) is 11.6 Å². The molecule has 0 aromatic heterocycles. The molecule has 1 unspecified atom stereocenters. The molecule has 3 nitrogen and oxygen atoms in total. The second-order valence-electron chi connectivity index (χ2n) is 4.47. The summed E-state index contributed by atoms with van der Waals surface area (Å²) < 4.78 is 38.7. The molecule has 19 heavy (non-hydrogen) atoms. The first-order valence-corrected chi connectivity index (χ1v) is 6.02. The number of rotatable bonds is 2. The first kappa shape index (κ1) is 13.8. The SMILES string of the molecule is N#CC1CNCCN1Cc1ccccc1C(F)(F)F. The lowest BCUT2D eigenvalue weighted by Crippen LogP contribution is -2.50. The fourth-order valence-electron chi connectivity index (χ4n) is 2.22. The molecular formula is C13H14F3N3. The Morgan fingerprint density at radius 1 is 1.37 bits per heavy atom. The van der Waals surface area contributed by atoms with Crippen molar-refractivity contribution in [3.8, 4) is 6.07 Å². The molecule has 6 heteroatoms. The van der Waals surface area contributed by atoms with E-state index < -0.39 is 11.7 Å². The van der Waals surface area contributed by atoms with Gasteiger partial charge in [-0.2, -0.15) is 18.4 Å². The Bertz CT molecular complexity index is 479. The van der Waals surface area contributed by atoms with Crippen LogP contribution in [0.1, 0.15) is 11.1 Å². The van der Waals surface area contributed by atoms with Crippen LogP contribution in [0.3, 0.4) is 0 Å². The predicted molar refractivity (Wildman–Crippen MR) is 64.1 cm³/mol. The van der Waals surface area contributed by atoms with Crippen LogP contribution in [-0.4, -0.2) is 30.6 Å². The largest absolute Gasteiger partial charge is 0.416 e. The zero-order valence-corrected chi connectivity index (χ0v) is 10.2. The molecule has 1 aliphatic rings. The van der Waals surface area contributed by atoms with Gasteiger partial charge in [0, 0.05) is 26.2 Å².